The molecule has 10 nitrogen and oxygen atoms in total. The number of hydrogen-bond donors (Lipinski definition) is 1. The Morgan fingerprint density at radius 2 is 1.77 bits per heavy atom. The van der Waals surface area contributed by atoms with Gasteiger partial charge in [-0.05, 0) is 50.2 Å². The van der Waals surface area contributed by atoms with Crippen molar-refractivity contribution in [2.45, 2.75) is 13.8 Å². The van der Waals surface area contributed by atoms with E-state index in [1.807, 2.05) is 0 Å². The summed E-state index contributed by atoms with van der Waals surface area (Å²) in [7, 11) is 0. The molecule has 2 aromatic heterocycles. The number of ether oxygens (including phenoxy) is 3. The molecule has 4 rings (SSSR count). The lowest BCUT2D eigenvalue weighted by molar-refractivity contribution is 0.0734. The van der Waals surface area contributed by atoms with Gasteiger partial charge in [0, 0.05) is 35.5 Å². The van der Waals surface area contributed by atoms with E-state index in [1.54, 1.807) is 13.0 Å². The van der Waals surface area contributed by atoms with Crippen LogP contribution in [0.3, 0.4) is 0 Å². The van der Waals surface area contributed by atoms with Crippen LogP contribution in [0.4, 0.5) is 24.1 Å². The molecule has 0 atom stereocenters. The van der Waals surface area contributed by atoms with Gasteiger partial charge >= 0.3 is 18.2 Å². The van der Waals surface area contributed by atoms with Crippen LogP contribution < -0.4 is 15.5 Å². The first kappa shape index (κ1) is 26.9. The van der Waals surface area contributed by atoms with Crippen LogP contribution in [0, 0.1) is 11.6 Å². The molecule has 0 saturated heterocycles. The van der Waals surface area contributed by atoms with Crippen LogP contribution in [-0.4, -0.2) is 40.9 Å². The molecule has 0 aliphatic rings. The van der Waals surface area contributed by atoms with E-state index in [1.165, 1.54) is 43.6 Å². The van der Waals surface area contributed by atoms with Crippen LogP contribution in [0.1, 0.15) is 24.2 Å². The number of esters is 1. The molecular weight excluding hydrogens is 516 g/mol. The Labute approximate surface area is 219 Å². The fourth-order valence-corrected chi connectivity index (χ4v) is 3.76. The van der Waals surface area contributed by atoms with Crippen LogP contribution in [0.5, 0.6) is 5.75 Å². The van der Waals surface area contributed by atoms with Crippen LogP contribution in [0.2, 0.25) is 0 Å². The molecule has 200 valence electrons. The molecule has 0 spiro atoms. The number of halogens is 2. The van der Waals surface area contributed by atoms with Crippen LogP contribution >= 0.6 is 0 Å². The summed E-state index contributed by atoms with van der Waals surface area (Å²) in [5.41, 5.74) is -1.51. The normalized spacial score (nSPS) is 10.7. The summed E-state index contributed by atoms with van der Waals surface area (Å²) in [5, 5.41) is 2.18. The third-order valence-corrected chi connectivity index (χ3v) is 5.40. The smallest absolute Gasteiger partial charge is 0.419 e. The van der Waals surface area contributed by atoms with Crippen molar-refractivity contribution < 1.29 is 37.4 Å². The largest absolute Gasteiger partial charge is 0.450 e. The highest BCUT2D eigenvalue weighted by Gasteiger charge is 2.24. The number of fused-ring (bicyclic) bond motifs is 1. The lowest BCUT2D eigenvalue weighted by atomic mass is 10.0. The zero-order chi connectivity index (χ0) is 28.1. The maximum atomic E-state index is 15.0. The van der Waals surface area contributed by atoms with Crippen molar-refractivity contribution in [2.75, 3.05) is 18.5 Å². The number of carbonyl (C=O) groups is 3. The molecule has 0 fully saturated rings. The second-order valence-electron chi connectivity index (χ2n) is 7.87. The first-order valence-electron chi connectivity index (χ1n) is 11.7. The molecule has 4 aromatic rings. The lowest BCUT2D eigenvalue weighted by Gasteiger charge is -2.19. The molecule has 2 aromatic carbocycles. The van der Waals surface area contributed by atoms with E-state index < -0.39 is 40.7 Å². The van der Waals surface area contributed by atoms with E-state index in [0.717, 1.165) is 18.2 Å². The monoisotopic (exact) mass is 537 g/mol. The topological polar surface area (TPSA) is 126 Å². The van der Waals surface area contributed by atoms with E-state index in [4.69, 9.17) is 14.2 Å². The number of rotatable bonds is 6. The second-order valence-corrected chi connectivity index (χ2v) is 7.87. The van der Waals surface area contributed by atoms with Gasteiger partial charge < -0.3 is 14.2 Å². The number of anilines is 1. The molecule has 1 amide bonds. The highest BCUT2D eigenvalue weighted by Crippen LogP contribution is 2.34. The molecule has 0 bridgehead atoms. The van der Waals surface area contributed by atoms with Crippen LogP contribution in [-0.2, 0) is 9.47 Å². The standard InChI is InChI=1S/C27H21F2N3O7/c1-3-37-26(35)31-20-12-16(39-25(34)15-6-5-11-30-14-15)7-8-17(20)21-13-22(33)18-9-10-19(28)23(29)24(18)32(21)27(36)38-4-2/h5-14H,3-4H2,1-2H3,(H,31,35). The average Bonchev–Trinajstić information content (AvgIpc) is 2.91. The number of carbonyl (C=O) groups excluding carboxylic acids is 3. The molecule has 39 heavy (non-hydrogen) atoms. The predicted molar refractivity (Wildman–Crippen MR) is 136 cm³/mol. The average molecular weight is 537 g/mol. The van der Waals surface area contributed by atoms with Gasteiger partial charge in [-0.3, -0.25) is 15.1 Å². The number of hydrogen-bond acceptors (Lipinski definition) is 8. The van der Waals surface area contributed by atoms with Gasteiger partial charge in [0.2, 0.25) is 0 Å². The summed E-state index contributed by atoms with van der Waals surface area (Å²) in [6.07, 6.45) is 0.775. The van der Waals surface area contributed by atoms with E-state index in [9.17, 15) is 23.6 Å². The summed E-state index contributed by atoms with van der Waals surface area (Å²) in [4.78, 5) is 54.6. The van der Waals surface area contributed by atoms with Crippen molar-refractivity contribution in [1.82, 2.24) is 9.55 Å². The van der Waals surface area contributed by atoms with E-state index in [2.05, 4.69) is 10.3 Å². The SMILES string of the molecule is CCOC(=O)Nc1cc(OC(=O)c2cccnc2)ccc1-c1cc(=O)c2ccc(F)c(F)c2n1C(=O)OCC. The quantitative estimate of drug-likeness (QED) is 0.265. The Balaban J connectivity index is 1.93. The van der Waals surface area contributed by atoms with Crippen molar-refractivity contribution in [2.24, 2.45) is 0 Å². The summed E-state index contributed by atoms with van der Waals surface area (Å²) >= 11 is 0. The Bertz CT molecular complexity index is 1640. The van der Waals surface area contributed by atoms with Crippen LogP contribution in [0.25, 0.3) is 22.2 Å². The summed E-state index contributed by atoms with van der Waals surface area (Å²) < 4.78 is 45.3. The first-order valence-corrected chi connectivity index (χ1v) is 11.7. The fourth-order valence-electron chi connectivity index (χ4n) is 3.76. The lowest BCUT2D eigenvalue weighted by Crippen LogP contribution is -2.22. The van der Waals surface area contributed by atoms with Crippen molar-refractivity contribution in [1.29, 1.82) is 0 Å². The van der Waals surface area contributed by atoms with Crippen molar-refractivity contribution in [3.8, 4) is 17.0 Å². The number of nitrogens with zero attached hydrogens (tertiary/aromatic N) is 2. The minimum atomic E-state index is -1.44. The Morgan fingerprint density at radius 3 is 2.46 bits per heavy atom. The van der Waals surface area contributed by atoms with Crippen molar-refractivity contribution >= 4 is 34.7 Å². The summed E-state index contributed by atoms with van der Waals surface area (Å²) in [5.74, 6) is -3.51. The summed E-state index contributed by atoms with van der Waals surface area (Å²) in [6.45, 7) is 2.99. The van der Waals surface area contributed by atoms with Gasteiger partial charge in [-0.1, -0.05) is 0 Å². The highest BCUT2D eigenvalue weighted by atomic mass is 19.2. The number of nitrogens with one attached hydrogen (secondary N) is 1. The Morgan fingerprint density at radius 1 is 1.00 bits per heavy atom. The molecule has 0 saturated carbocycles. The summed E-state index contributed by atoms with van der Waals surface area (Å²) in [6, 6.07) is 9.76. The second kappa shape index (κ2) is 11.5. The van der Waals surface area contributed by atoms with Crippen LogP contribution in [0.15, 0.2) is 65.7 Å². The minimum absolute atomic E-state index is 0.0138. The van der Waals surface area contributed by atoms with E-state index in [-0.39, 0.29) is 46.9 Å². The third kappa shape index (κ3) is 5.59. The van der Waals surface area contributed by atoms with Gasteiger partial charge in [0.25, 0.3) is 0 Å². The molecule has 0 aliphatic carbocycles. The Hall–Kier alpha value is -5.13. The zero-order valence-corrected chi connectivity index (χ0v) is 20.7. The molecular formula is C27H21F2N3O7. The minimum Gasteiger partial charge on any atom is -0.450 e. The van der Waals surface area contributed by atoms with Gasteiger partial charge in [-0.25, -0.2) is 27.7 Å². The zero-order valence-electron chi connectivity index (χ0n) is 20.7. The van der Waals surface area contributed by atoms with Gasteiger partial charge in [0.1, 0.15) is 11.3 Å². The van der Waals surface area contributed by atoms with Crippen molar-refractivity contribution in [3.63, 3.8) is 0 Å². The number of pyridine rings is 2. The van der Waals surface area contributed by atoms with E-state index in [0.29, 0.717) is 4.57 Å². The van der Waals surface area contributed by atoms with Gasteiger partial charge in [-0.2, -0.15) is 0 Å². The Kier molecular flexibility index (Phi) is 7.94. The number of benzene rings is 2. The predicted octanol–water partition coefficient (Wildman–Crippen LogP) is 5.13. The maximum absolute atomic E-state index is 15.0. The van der Waals surface area contributed by atoms with Crippen molar-refractivity contribution in [3.05, 3.63) is 88.3 Å². The number of amides is 1. The van der Waals surface area contributed by atoms with Gasteiger partial charge in [0.15, 0.2) is 17.1 Å². The molecule has 1 N–H and O–H groups in total. The third-order valence-electron chi connectivity index (χ3n) is 5.40. The fraction of sp³-hybridized carbons (Fsp3) is 0.148. The first-order chi connectivity index (χ1) is 18.7. The van der Waals surface area contributed by atoms with E-state index >= 15 is 4.39 Å². The molecule has 0 radical (unpaired) electrons. The molecule has 0 unspecified atom stereocenters. The van der Waals surface area contributed by atoms with Gasteiger partial charge in [-0.15, -0.1) is 0 Å². The molecule has 0 aliphatic heterocycles. The molecule has 2 heterocycles. The highest BCUT2D eigenvalue weighted by molar-refractivity contribution is 5.98. The maximum Gasteiger partial charge on any atom is 0.419 e. The molecule has 12 heteroatoms. The van der Waals surface area contributed by atoms with Gasteiger partial charge in [0.05, 0.1) is 30.2 Å². The number of aromatic nitrogens is 2.